The van der Waals surface area contributed by atoms with Crippen molar-refractivity contribution in [1.29, 1.82) is 0 Å². The third kappa shape index (κ3) is 8.70. The zero-order chi connectivity index (χ0) is 37.2. The summed E-state index contributed by atoms with van der Waals surface area (Å²) in [6.45, 7) is 0.985. The Labute approximate surface area is 285 Å². The van der Waals surface area contributed by atoms with Gasteiger partial charge in [-0.2, -0.15) is 0 Å². The van der Waals surface area contributed by atoms with E-state index in [1.165, 1.54) is 6.92 Å². The van der Waals surface area contributed by atoms with E-state index in [9.17, 15) is 65.8 Å². The predicted octanol–water partition coefficient (Wildman–Crippen LogP) is -8.43. The highest BCUT2D eigenvalue weighted by molar-refractivity contribution is 5.73. The van der Waals surface area contributed by atoms with Gasteiger partial charge in [-0.3, -0.25) is 9.59 Å². The van der Waals surface area contributed by atoms with Crippen molar-refractivity contribution in [2.75, 3.05) is 19.8 Å². The number of carbonyl (C=O) groups is 2. The van der Waals surface area contributed by atoms with Crippen molar-refractivity contribution in [3.63, 3.8) is 0 Å². The number of ether oxygens (including phenoxy) is 7. The third-order valence-corrected chi connectivity index (χ3v) is 8.97. The molecule has 4 aliphatic heterocycles. The zero-order valence-corrected chi connectivity index (χ0v) is 27.3. The molecule has 0 unspecified atom stereocenters. The molecule has 0 saturated carbocycles. The summed E-state index contributed by atoms with van der Waals surface area (Å²) in [5.41, 5.74) is 0. The van der Waals surface area contributed by atoms with Crippen LogP contribution in [-0.2, 0) is 42.7 Å². The first-order valence-electron chi connectivity index (χ1n) is 15.9. The Morgan fingerprint density at radius 1 is 0.520 bits per heavy atom. The van der Waals surface area contributed by atoms with Crippen LogP contribution in [0, 0.1) is 0 Å². The molecule has 4 heterocycles. The molecule has 22 heteroatoms. The number of aliphatic hydroxyl groups excluding tert-OH is 11. The lowest BCUT2D eigenvalue weighted by molar-refractivity contribution is -0.373. The Bertz CT molecular complexity index is 1120. The molecule has 0 radical (unpaired) electrons. The van der Waals surface area contributed by atoms with E-state index in [4.69, 9.17) is 33.2 Å². The van der Waals surface area contributed by atoms with E-state index in [-0.39, 0.29) is 0 Å². The summed E-state index contributed by atoms with van der Waals surface area (Å²) in [5, 5.41) is 119. The monoisotopic (exact) mass is 732 g/mol. The maximum absolute atomic E-state index is 12.3. The fraction of sp³-hybridized carbons (Fsp3) is 0.929. The van der Waals surface area contributed by atoms with Gasteiger partial charge in [0.2, 0.25) is 11.8 Å². The molecule has 4 aliphatic rings. The van der Waals surface area contributed by atoms with Crippen LogP contribution in [0.25, 0.3) is 0 Å². The van der Waals surface area contributed by atoms with Crippen LogP contribution in [0.4, 0.5) is 0 Å². The summed E-state index contributed by atoms with van der Waals surface area (Å²) in [7, 11) is 0. The van der Waals surface area contributed by atoms with E-state index < -0.39 is 154 Å². The minimum absolute atomic E-state index is 0.699. The van der Waals surface area contributed by atoms with Crippen LogP contribution in [0.2, 0.25) is 0 Å². The lowest BCUT2D eigenvalue weighted by Crippen LogP contribution is -2.71. The minimum atomic E-state index is -1.91. The summed E-state index contributed by atoms with van der Waals surface area (Å²) >= 11 is 0. The summed E-state index contributed by atoms with van der Waals surface area (Å²) < 4.78 is 40.0. The van der Waals surface area contributed by atoms with Gasteiger partial charge in [0, 0.05) is 13.8 Å². The molecule has 0 aliphatic carbocycles. The van der Waals surface area contributed by atoms with Gasteiger partial charge in [0.15, 0.2) is 25.2 Å². The van der Waals surface area contributed by atoms with E-state index in [1.54, 1.807) is 0 Å². The third-order valence-electron chi connectivity index (χ3n) is 8.97. The quantitative estimate of drug-likeness (QED) is 0.0938. The average Bonchev–Trinajstić information content (AvgIpc) is 3.07. The van der Waals surface area contributed by atoms with Gasteiger partial charge in [-0.15, -0.1) is 0 Å². The Kier molecular flexibility index (Phi) is 14.2. The highest BCUT2D eigenvalue weighted by Gasteiger charge is 2.56. The molecular weight excluding hydrogens is 684 g/mol. The average molecular weight is 733 g/mol. The lowest BCUT2D eigenvalue weighted by Gasteiger charge is -2.50. The molecule has 290 valence electrons. The molecule has 0 aromatic heterocycles. The molecule has 13 N–H and O–H groups in total. The van der Waals surface area contributed by atoms with Crippen molar-refractivity contribution < 1.29 is 98.9 Å². The van der Waals surface area contributed by atoms with Crippen LogP contribution < -0.4 is 10.6 Å². The predicted molar refractivity (Wildman–Crippen MR) is 156 cm³/mol. The minimum Gasteiger partial charge on any atom is -0.394 e. The van der Waals surface area contributed by atoms with Crippen LogP contribution >= 0.6 is 0 Å². The lowest BCUT2D eigenvalue weighted by atomic mass is 9.93. The van der Waals surface area contributed by atoms with Crippen LogP contribution in [0.5, 0.6) is 0 Å². The second-order valence-corrected chi connectivity index (χ2v) is 12.6. The Balaban J connectivity index is 1.66. The molecule has 20 atom stereocenters. The number of hydrogen-bond donors (Lipinski definition) is 13. The van der Waals surface area contributed by atoms with Crippen molar-refractivity contribution in [1.82, 2.24) is 10.6 Å². The summed E-state index contributed by atoms with van der Waals surface area (Å²) in [5.74, 6) is -1.44. The summed E-state index contributed by atoms with van der Waals surface area (Å²) in [6, 6.07) is -3.11. The van der Waals surface area contributed by atoms with Crippen molar-refractivity contribution in [2.24, 2.45) is 0 Å². The molecule has 4 rings (SSSR count). The van der Waals surface area contributed by atoms with E-state index in [2.05, 4.69) is 10.6 Å². The first-order chi connectivity index (χ1) is 23.5. The molecule has 22 nitrogen and oxygen atoms in total. The largest absolute Gasteiger partial charge is 0.394 e. The number of rotatable bonds is 11. The first-order valence-corrected chi connectivity index (χ1v) is 15.9. The number of nitrogens with one attached hydrogen (secondary N) is 2. The van der Waals surface area contributed by atoms with Crippen LogP contribution in [0.3, 0.4) is 0 Å². The van der Waals surface area contributed by atoms with Gasteiger partial charge in [-0.25, -0.2) is 0 Å². The maximum Gasteiger partial charge on any atom is 0.217 e. The molecule has 0 bridgehead atoms. The molecule has 0 aromatic rings. The van der Waals surface area contributed by atoms with Gasteiger partial charge in [0.05, 0.1) is 25.9 Å². The highest BCUT2D eigenvalue weighted by Crippen LogP contribution is 2.34. The second-order valence-electron chi connectivity index (χ2n) is 12.6. The Morgan fingerprint density at radius 2 is 0.980 bits per heavy atom. The number of amides is 2. The molecule has 0 spiro atoms. The molecule has 50 heavy (non-hydrogen) atoms. The molecule has 0 aromatic carbocycles. The zero-order valence-electron chi connectivity index (χ0n) is 27.3. The molecule has 2 amide bonds. The fourth-order valence-corrected chi connectivity index (χ4v) is 6.29. The fourth-order valence-electron chi connectivity index (χ4n) is 6.29. The van der Waals surface area contributed by atoms with Gasteiger partial charge in [-0.1, -0.05) is 0 Å². The van der Waals surface area contributed by atoms with Gasteiger partial charge in [0.25, 0.3) is 0 Å². The van der Waals surface area contributed by atoms with E-state index in [1.807, 2.05) is 0 Å². The standard InChI is InChI=1S/C28H48N2O20/c1-7-15(36)18(39)20(41)27(44-7)50-24-14(30-9(3)35)25(43)45-12(6-33)23(24)49-26-13(29-8(2)34)17(38)22(11(5-32)47-26)48-28-21(42)19(40)16(37)10(4-31)46-28/h7,10-28,31-33,36-43H,4-6H2,1-3H3,(H,29,34)(H,30,35)/t7-,10+,11+,12+,13+,14+,15+,16+,17+,18+,19-,20-,21-,22+,23+,24+,25+,26-,27+,28-/m0/s1. The second kappa shape index (κ2) is 17.4. The molecular formula is C28H48N2O20. The van der Waals surface area contributed by atoms with Gasteiger partial charge >= 0.3 is 0 Å². The first kappa shape index (κ1) is 41.0. The van der Waals surface area contributed by atoms with Crippen molar-refractivity contribution in [2.45, 2.75) is 143 Å². The number of aliphatic hydroxyl groups is 11. The normalized spacial score (nSPS) is 48.5. The van der Waals surface area contributed by atoms with E-state index in [0.717, 1.165) is 13.8 Å². The topological polar surface area (TPSA) is 345 Å². The highest BCUT2D eigenvalue weighted by atomic mass is 16.8. The van der Waals surface area contributed by atoms with Gasteiger partial charge in [-0.05, 0) is 6.92 Å². The SMILES string of the molecule is CC(=O)N[C@@H]1[C@@H](O[C@H]2O[C@@H](C)[C@@H](O)[C@@H](O)[C@@H]2O)[C@H](O[C@@H]2O[C@H](CO)[C@@H](O[C@@H]3O[C@H](CO)[C@@H](O)[C@H](O)[C@@H]3O)[C@H](O)[C@H]2NC(C)=O)[C@@H](CO)O[C@H]1O. The van der Waals surface area contributed by atoms with Crippen molar-refractivity contribution in [3.8, 4) is 0 Å². The van der Waals surface area contributed by atoms with Crippen molar-refractivity contribution in [3.05, 3.63) is 0 Å². The Hall–Kier alpha value is -1.78. The van der Waals surface area contributed by atoms with Crippen LogP contribution in [0.15, 0.2) is 0 Å². The summed E-state index contributed by atoms with van der Waals surface area (Å²) in [6.07, 6.45) is -30.0. The van der Waals surface area contributed by atoms with Crippen LogP contribution in [-0.4, -0.2) is 211 Å². The smallest absolute Gasteiger partial charge is 0.217 e. The molecule has 4 fully saturated rings. The van der Waals surface area contributed by atoms with Crippen LogP contribution in [0.1, 0.15) is 20.8 Å². The maximum atomic E-state index is 12.3. The number of hydrogen-bond acceptors (Lipinski definition) is 20. The number of carbonyl (C=O) groups excluding carboxylic acids is 2. The van der Waals surface area contributed by atoms with Crippen molar-refractivity contribution >= 4 is 11.8 Å². The van der Waals surface area contributed by atoms with Gasteiger partial charge < -0.3 is 100.0 Å². The molecule has 4 saturated heterocycles. The summed E-state index contributed by atoms with van der Waals surface area (Å²) in [4.78, 5) is 24.5. The van der Waals surface area contributed by atoms with Gasteiger partial charge in [0.1, 0.15) is 91.4 Å². The van der Waals surface area contributed by atoms with E-state index >= 15 is 0 Å². The Morgan fingerprint density at radius 3 is 1.54 bits per heavy atom. The van der Waals surface area contributed by atoms with E-state index in [0.29, 0.717) is 0 Å².